The van der Waals surface area contributed by atoms with Crippen LogP contribution in [0.25, 0.3) is 0 Å². The fourth-order valence-electron chi connectivity index (χ4n) is 1.88. The molecular weight excluding hydrogens is 249 g/mol. The standard InChI is InChI=1S/C9H16NO4PS/c1-3-10(4-2)8(11)9-5-12-15(16,13-6-9)14-7-9/h3-7H2,1-2H3. The molecule has 7 heteroatoms. The van der Waals surface area contributed by atoms with Crippen molar-refractivity contribution in [1.29, 1.82) is 0 Å². The number of hydrogen-bond donors (Lipinski definition) is 0. The number of fused-ring (bicyclic) bond motifs is 3. The SMILES string of the molecule is CCN(CC)C(=O)C12COP(=S)(OC1)OC2. The Bertz CT molecular complexity index is 313. The van der Waals surface area contributed by atoms with Crippen LogP contribution in [-0.2, 0) is 30.2 Å². The summed E-state index contributed by atoms with van der Waals surface area (Å²) in [6.45, 7) is 3.79. The third-order valence-corrected chi connectivity index (χ3v) is 5.29. The number of nitrogens with zero attached hydrogens (tertiary/aromatic N) is 1. The molecule has 92 valence electrons. The van der Waals surface area contributed by atoms with E-state index in [1.165, 1.54) is 0 Å². The second-order valence-corrected chi connectivity index (χ2v) is 7.04. The van der Waals surface area contributed by atoms with Crippen LogP contribution in [-0.4, -0.2) is 43.7 Å². The Balaban J connectivity index is 2.15. The lowest BCUT2D eigenvalue weighted by Gasteiger charge is -2.46. The fourth-order valence-corrected chi connectivity index (χ4v) is 3.79. The van der Waals surface area contributed by atoms with Crippen LogP contribution in [0.1, 0.15) is 13.8 Å². The summed E-state index contributed by atoms with van der Waals surface area (Å²) in [6.07, 6.45) is 0. The Morgan fingerprint density at radius 2 is 1.69 bits per heavy atom. The molecule has 1 amide bonds. The smallest absolute Gasteiger partial charge is 0.327 e. The predicted octanol–water partition coefficient (Wildman–Crippen LogP) is 1.14. The molecule has 3 aliphatic rings. The molecule has 3 rings (SSSR count). The minimum absolute atomic E-state index is 0.0402. The summed E-state index contributed by atoms with van der Waals surface area (Å²) < 4.78 is 16.1. The Kier molecular flexibility index (Phi) is 3.39. The van der Waals surface area contributed by atoms with E-state index in [1.54, 1.807) is 4.90 Å². The van der Waals surface area contributed by atoms with E-state index in [1.807, 2.05) is 13.8 Å². The van der Waals surface area contributed by atoms with Crippen molar-refractivity contribution < 1.29 is 18.4 Å². The highest BCUT2D eigenvalue weighted by Crippen LogP contribution is 2.60. The molecule has 3 heterocycles. The first-order valence-electron chi connectivity index (χ1n) is 5.38. The molecule has 5 nitrogen and oxygen atoms in total. The minimum atomic E-state index is -2.50. The molecule has 0 aromatic heterocycles. The largest absolute Gasteiger partial charge is 0.343 e. The zero-order valence-electron chi connectivity index (χ0n) is 9.47. The summed E-state index contributed by atoms with van der Waals surface area (Å²) in [5, 5.41) is 0. The highest BCUT2D eigenvalue weighted by molar-refractivity contribution is 8.07. The molecule has 0 N–H and O–H groups in total. The molecule has 0 spiro atoms. The third-order valence-electron chi connectivity index (χ3n) is 3.00. The molecule has 16 heavy (non-hydrogen) atoms. The molecule has 2 bridgehead atoms. The van der Waals surface area contributed by atoms with Gasteiger partial charge >= 0.3 is 6.72 Å². The van der Waals surface area contributed by atoms with Crippen LogP contribution >= 0.6 is 6.72 Å². The van der Waals surface area contributed by atoms with Gasteiger partial charge in [0.05, 0.1) is 19.8 Å². The fraction of sp³-hybridized carbons (Fsp3) is 0.889. The van der Waals surface area contributed by atoms with Gasteiger partial charge in [-0.15, -0.1) is 0 Å². The van der Waals surface area contributed by atoms with Gasteiger partial charge in [0.25, 0.3) is 0 Å². The minimum Gasteiger partial charge on any atom is -0.343 e. The van der Waals surface area contributed by atoms with Crippen molar-refractivity contribution in [3.8, 4) is 0 Å². The molecule has 0 radical (unpaired) electrons. The van der Waals surface area contributed by atoms with E-state index < -0.39 is 12.1 Å². The third kappa shape index (κ3) is 1.93. The van der Waals surface area contributed by atoms with Gasteiger partial charge in [0.1, 0.15) is 5.41 Å². The van der Waals surface area contributed by atoms with Crippen LogP contribution in [0.15, 0.2) is 0 Å². The lowest BCUT2D eigenvalue weighted by atomic mass is 9.89. The normalized spacial score (nSPS) is 37.4. The number of amides is 1. The van der Waals surface area contributed by atoms with Gasteiger partial charge in [-0.1, -0.05) is 0 Å². The Labute approximate surface area is 100 Å². The predicted molar refractivity (Wildman–Crippen MR) is 62.5 cm³/mol. The van der Waals surface area contributed by atoms with Crippen LogP contribution < -0.4 is 0 Å². The molecule has 3 saturated heterocycles. The maximum Gasteiger partial charge on any atom is 0.327 e. The van der Waals surface area contributed by atoms with Gasteiger partial charge in [0, 0.05) is 13.1 Å². The van der Waals surface area contributed by atoms with Crippen LogP contribution in [0.5, 0.6) is 0 Å². The second kappa shape index (κ2) is 4.35. The van der Waals surface area contributed by atoms with Gasteiger partial charge in [-0.05, 0) is 25.7 Å². The van der Waals surface area contributed by atoms with E-state index in [0.29, 0.717) is 32.9 Å². The van der Waals surface area contributed by atoms with Crippen molar-refractivity contribution in [2.45, 2.75) is 13.8 Å². The van der Waals surface area contributed by atoms with Gasteiger partial charge < -0.3 is 18.5 Å². The van der Waals surface area contributed by atoms with Crippen molar-refractivity contribution in [3.63, 3.8) is 0 Å². The van der Waals surface area contributed by atoms with Gasteiger partial charge in [-0.2, -0.15) is 0 Å². The summed E-state index contributed by atoms with van der Waals surface area (Å²) in [7, 11) is 0. The summed E-state index contributed by atoms with van der Waals surface area (Å²) in [5.41, 5.74) is -0.674. The van der Waals surface area contributed by atoms with Crippen molar-refractivity contribution in [1.82, 2.24) is 4.90 Å². The van der Waals surface area contributed by atoms with Crippen molar-refractivity contribution in [2.75, 3.05) is 32.9 Å². The summed E-state index contributed by atoms with van der Waals surface area (Å²) in [5.74, 6) is 0.0402. The first-order valence-corrected chi connectivity index (χ1v) is 7.94. The molecule has 0 aromatic carbocycles. The number of rotatable bonds is 3. The van der Waals surface area contributed by atoms with Crippen LogP contribution in [0.4, 0.5) is 0 Å². The Morgan fingerprint density at radius 3 is 2.06 bits per heavy atom. The molecule has 0 saturated carbocycles. The molecule has 0 aromatic rings. The highest BCUT2D eigenvalue weighted by atomic mass is 32.5. The summed E-state index contributed by atoms with van der Waals surface area (Å²) in [4.78, 5) is 14.1. The van der Waals surface area contributed by atoms with Gasteiger partial charge in [0.2, 0.25) is 5.91 Å². The molecule has 0 atom stereocenters. The summed E-state index contributed by atoms with van der Waals surface area (Å²) in [6, 6.07) is 0. The van der Waals surface area contributed by atoms with Crippen LogP contribution in [0, 0.1) is 5.41 Å². The average Bonchev–Trinajstić information content (AvgIpc) is 2.32. The Morgan fingerprint density at radius 1 is 1.25 bits per heavy atom. The maximum atomic E-state index is 12.3. The van der Waals surface area contributed by atoms with E-state index in [2.05, 4.69) is 0 Å². The van der Waals surface area contributed by atoms with Crippen LogP contribution in [0.3, 0.4) is 0 Å². The first-order chi connectivity index (χ1) is 7.55. The van der Waals surface area contributed by atoms with E-state index in [0.717, 1.165) is 0 Å². The summed E-state index contributed by atoms with van der Waals surface area (Å²) >= 11 is 5.07. The topological polar surface area (TPSA) is 48.0 Å². The zero-order chi connectivity index (χ0) is 11.8. The van der Waals surface area contributed by atoms with Crippen molar-refractivity contribution in [2.24, 2.45) is 5.41 Å². The van der Waals surface area contributed by atoms with Crippen LogP contribution in [0.2, 0.25) is 0 Å². The van der Waals surface area contributed by atoms with Gasteiger partial charge in [0.15, 0.2) is 0 Å². The van der Waals surface area contributed by atoms with Gasteiger partial charge in [-0.25, -0.2) is 0 Å². The van der Waals surface area contributed by atoms with Crippen molar-refractivity contribution >= 4 is 24.4 Å². The monoisotopic (exact) mass is 265 g/mol. The lowest BCUT2D eigenvalue weighted by Crippen LogP contribution is -2.55. The Hall–Kier alpha value is -0.0000000000000000694. The number of hydrogen-bond acceptors (Lipinski definition) is 5. The number of carbonyl (C=O) groups excluding carboxylic acids is 1. The molecule has 3 fully saturated rings. The van der Waals surface area contributed by atoms with E-state index in [4.69, 9.17) is 25.4 Å². The average molecular weight is 265 g/mol. The van der Waals surface area contributed by atoms with E-state index >= 15 is 0 Å². The van der Waals surface area contributed by atoms with Gasteiger partial charge in [-0.3, -0.25) is 4.79 Å². The molecular formula is C9H16NO4PS. The highest BCUT2D eigenvalue weighted by Gasteiger charge is 2.53. The number of carbonyl (C=O) groups is 1. The maximum absolute atomic E-state index is 12.3. The molecule has 0 aliphatic carbocycles. The van der Waals surface area contributed by atoms with E-state index in [-0.39, 0.29) is 5.91 Å². The molecule has 0 unspecified atom stereocenters. The zero-order valence-corrected chi connectivity index (χ0v) is 11.2. The quantitative estimate of drug-likeness (QED) is 0.716. The lowest BCUT2D eigenvalue weighted by molar-refractivity contribution is -0.159. The van der Waals surface area contributed by atoms with E-state index in [9.17, 15) is 4.79 Å². The molecule has 3 aliphatic heterocycles. The van der Waals surface area contributed by atoms with Crippen molar-refractivity contribution in [3.05, 3.63) is 0 Å². The second-order valence-electron chi connectivity index (χ2n) is 4.03. The first kappa shape index (κ1) is 12.5.